The maximum absolute atomic E-state index is 10.1. The van der Waals surface area contributed by atoms with Gasteiger partial charge in [-0.15, -0.1) is 0 Å². The highest BCUT2D eigenvalue weighted by molar-refractivity contribution is 5.43. The molecule has 0 radical (unpaired) electrons. The molecule has 3 unspecified atom stereocenters. The van der Waals surface area contributed by atoms with E-state index in [9.17, 15) is 5.11 Å². The van der Waals surface area contributed by atoms with Crippen molar-refractivity contribution in [1.82, 2.24) is 4.90 Å². The Bertz CT molecular complexity index is 443. The lowest BCUT2D eigenvalue weighted by Gasteiger charge is -2.38. The summed E-state index contributed by atoms with van der Waals surface area (Å²) in [7, 11) is 0. The van der Waals surface area contributed by atoms with Crippen molar-refractivity contribution < 1.29 is 19.7 Å². The van der Waals surface area contributed by atoms with Crippen molar-refractivity contribution in [3.8, 4) is 5.75 Å². The minimum atomic E-state index is -0.605. The summed E-state index contributed by atoms with van der Waals surface area (Å²) in [6.45, 7) is 3.92. The molecule has 1 aromatic rings. The number of β-amino-alcohol motifs (C(OH)–C–C–N with tert-alkyl or cyclic N) is 1. The molecule has 1 fully saturated rings. The van der Waals surface area contributed by atoms with E-state index < -0.39 is 6.10 Å². The van der Waals surface area contributed by atoms with Gasteiger partial charge >= 0.3 is 0 Å². The van der Waals surface area contributed by atoms with E-state index in [0.717, 1.165) is 0 Å². The third kappa shape index (κ3) is 4.86. The van der Waals surface area contributed by atoms with Crippen molar-refractivity contribution in [2.75, 3.05) is 38.6 Å². The Balaban J connectivity index is 1.79. The number of aliphatic hydroxyl groups excluding tert-OH is 2. The van der Waals surface area contributed by atoms with E-state index >= 15 is 0 Å². The van der Waals surface area contributed by atoms with Crippen LogP contribution in [0.3, 0.4) is 0 Å². The summed E-state index contributed by atoms with van der Waals surface area (Å²) in [4.78, 5) is 2.11. The van der Waals surface area contributed by atoms with Gasteiger partial charge in [0, 0.05) is 30.9 Å². The third-order valence-corrected chi connectivity index (χ3v) is 3.58. The molecule has 0 amide bonds. The highest BCUT2D eigenvalue weighted by Gasteiger charge is 2.27. The van der Waals surface area contributed by atoms with Crippen LogP contribution in [0.1, 0.15) is 6.92 Å². The first-order valence-electron chi connectivity index (χ1n) is 7.21. The molecule has 1 aromatic carbocycles. The number of rotatable bonds is 6. The molecule has 2 rings (SSSR count). The number of nitrogens with two attached hydrogens (primary N) is 1. The monoisotopic (exact) mass is 296 g/mol. The molecule has 0 aliphatic carbocycles. The van der Waals surface area contributed by atoms with Gasteiger partial charge in [0.05, 0.1) is 19.3 Å². The topological polar surface area (TPSA) is 88.2 Å². The zero-order valence-electron chi connectivity index (χ0n) is 12.3. The summed E-state index contributed by atoms with van der Waals surface area (Å²) in [5.74, 6) is 0.650. The van der Waals surface area contributed by atoms with Gasteiger partial charge in [-0.05, 0) is 19.1 Å². The quantitative estimate of drug-likeness (QED) is 0.645. The lowest BCUT2D eigenvalue weighted by Crippen LogP contribution is -2.52. The van der Waals surface area contributed by atoms with Crippen LogP contribution in [0.2, 0.25) is 0 Å². The zero-order chi connectivity index (χ0) is 15.2. The first-order valence-corrected chi connectivity index (χ1v) is 7.21. The smallest absolute Gasteiger partial charge is 0.121 e. The van der Waals surface area contributed by atoms with Crippen LogP contribution >= 0.6 is 0 Å². The minimum absolute atomic E-state index is 0.000885. The zero-order valence-corrected chi connectivity index (χ0v) is 12.3. The molecule has 6 nitrogen and oxygen atoms in total. The van der Waals surface area contributed by atoms with Crippen molar-refractivity contribution >= 4 is 5.69 Å². The molecule has 0 aromatic heterocycles. The van der Waals surface area contributed by atoms with Gasteiger partial charge in [-0.3, -0.25) is 4.90 Å². The highest BCUT2D eigenvalue weighted by Crippen LogP contribution is 2.16. The predicted octanol–water partition coefficient (Wildman–Crippen LogP) is 0.0901. The molecule has 118 valence electrons. The Kier molecular flexibility index (Phi) is 5.81. The van der Waals surface area contributed by atoms with E-state index in [1.54, 1.807) is 12.1 Å². The number of nitrogen functional groups attached to an aromatic ring is 1. The lowest BCUT2D eigenvalue weighted by molar-refractivity contribution is -0.0887. The van der Waals surface area contributed by atoms with Crippen LogP contribution in [0, 0.1) is 0 Å². The molecule has 3 atom stereocenters. The summed E-state index contributed by atoms with van der Waals surface area (Å²) in [6.07, 6.45) is -0.783. The van der Waals surface area contributed by atoms with Gasteiger partial charge in [-0.2, -0.15) is 0 Å². The fourth-order valence-corrected chi connectivity index (χ4v) is 2.36. The van der Waals surface area contributed by atoms with Crippen LogP contribution in [0.4, 0.5) is 5.69 Å². The average Bonchev–Trinajstić information content (AvgIpc) is 2.47. The Morgan fingerprint density at radius 1 is 1.52 bits per heavy atom. The van der Waals surface area contributed by atoms with Crippen molar-refractivity contribution in [2.45, 2.75) is 25.2 Å². The second kappa shape index (κ2) is 7.61. The normalized spacial score (nSPS) is 24.7. The number of morpholine rings is 1. The SMILES string of the molecule is CC1COC(CO)CN1CC(O)COc1cccc(N)c1. The number of nitrogens with zero attached hydrogens (tertiary/aromatic N) is 1. The van der Waals surface area contributed by atoms with Gasteiger partial charge in [-0.1, -0.05) is 6.07 Å². The molecule has 0 saturated carbocycles. The lowest BCUT2D eigenvalue weighted by atomic mass is 10.2. The van der Waals surface area contributed by atoms with Crippen molar-refractivity contribution in [2.24, 2.45) is 0 Å². The second-order valence-corrected chi connectivity index (χ2v) is 5.48. The van der Waals surface area contributed by atoms with Gasteiger partial charge in [0.25, 0.3) is 0 Å². The van der Waals surface area contributed by atoms with Crippen LogP contribution in [-0.4, -0.2) is 66.3 Å². The Morgan fingerprint density at radius 3 is 3.05 bits per heavy atom. The molecule has 1 saturated heterocycles. The number of hydrogen-bond acceptors (Lipinski definition) is 6. The number of ether oxygens (including phenoxy) is 2. The highest BCUT2D eigenvalue weighted by atomic mass is 16.5. The number of anilines is 1. The van der Waals surface area contributed by atoms with Gasteiger partial charge in [0.2, 0.25) is 0 Å². The Morgan fingerprint density at radius 2 is 2.33 bits per heavy atom. The molecule has 21 heavy (non-hydrogen) atoms. The van der Waals surface area contributed by atoms with Crippen LogP contribution in [-0.2, 0) is 4.74 Å². The molecule has 4 N–H and O–H groups in total. The van der Waals surface area contributed by atoms with E-state index in [1.807, 2.05) is 19.1 Å². The fraction of sp³-hybridized carbons (Fsp3) is 0.600. The fourth-order valence-electron chi connectivity index (χ4n) is 2.36. The molecule has 6 heteroatoms. The van der Waals surface area contributed by atoms with E-state index in [4.69, 9.17) is 20.3 Å². The van der Waals surface area contributed by atoms with E-state index in [0.29, 0.717) is 31.1 Å². The van der Waals surface area contributed by atoms with Crippen LogP contribution in [0.15, 0.2) is 24.3 Å². The predicted molar refractivity (Wildman–Crippen MR) is 80.2 cm³/mol. The summed E-state index contributed by atoms with van der Waals surface area (Å²) < 4.78 is 11.0. The maximum Gasteiger partial charge on any atom is 0.121 e. The van der Waals surface area contributed by atoms with Crippen molar-refractivity contribution in [1.29, 1.82) is 0 Å². The molecular formula is C15H24N2O4. The number of aliphatic hydroxyl groups is 2. The number of hydrogen-bond donors (Lipinski definition) is 3. The molecule has 1 aliphatic rings. The molecule has 1 aliphatic heterocycles. The second-order valence-electron chi connectivity index (χ2n) is 5.48. The van der Waals surface area contributed by atoms with E-state index in [1.165, 1.54) is 0 Å². The van der Waals surface area contributed by atoms with Crippen molar-refractivity contribution in [3.05, 3.63) is 24.3 Å². The van der Waals surface area contributed by atoms with Gasteiger partial charge < -0.3 is 25.4 Å². The van der Waals surface area contributed by atoms with Crippen LogP contribution in [0.25, 0.3) is 0 Å². The summed E-state index contributed by atoms with van der Waals surface area (Å²) in [5, 5.41) is 19.3. The van der Waals surface area contributed by atoms with Crippen LogP contribution in [0.5, 0.6) is 5.75 Å². The van der Waals surface area contributed by atoms with Gasteiger partial charge in [-0.25, -0.2) is 0 Å². The third-order valence-electron chi connectivity index (χ3n) is 3.58. The van der Waals surface area contributed by atoms with E-state index in [2.05, 4.69) is 4.90 Å². The standard InChI is InChI=1S/C15H24N2O4/c1-11-9-20-15(8-18)7-17(11)6-13(19)10-21-14-4-2-3-12(16)5-14/h2-5,11,13,15,18-19H,6-10,16H2,1H3. The summed E-state index contributed by atoms with van der Waals surface area (Å²) in [6, 6.07) is 7.35. The molecule has 1 heterocycles. The molecule has 0 bridgehead atoms. The van der Waals surface area contributed by atoms with Crippen molar-refractivity contribution in [3.63, 3.8) is 0 Å². The Hall–Kier alpha value is -1.34. The van der Waals surface area contributed by atoms with Gasteiger partial charge in [0.1, 0.15) is 18.5 Å². The molecular weight excluding hydrogens is 272 g/mol. The minimum Gasteiger partial charge on any atom is -0.491 e. The van der Waals surface area contributed by atoms with Crippen LogP contribution < -0.4 is 10.5 Å². The van der Waals surface area contributed by atoms with E-state index in [-0.39, 0.29) is 25.4 Å². The summed E-state index contributed by atoms with van der Waals surface area (Å²) in [5.41, 5.74) is 6.31. The summed E-state index contributed by atoms with van der Waals surface area (Å²) >= 11 is 0. The molecule has 0 spiro atoms. The first kappa shape index (κ1) is 16.0. The average molecular weight is 296 g/mol. The largest absolute Gasteiger partial charge is 0.491 e. The van der Waals surface area contributed by atoms with Gasteiger partial charge in [0.15, 0.2) is 0 Å². The number of benzene rings is 1. The Labute approximate surface area is 125 Å². The maximum atomic E-state index is 10.1. The first-order chi connectivity index (χ1) is 10.1.